The van der Waals surface area contributed by atoms with Gasteiger partial charge in [0.2, 0.25) is 0 Å². The molecular formula is C15H20BrNO. The molecule has 0 saturated carbocycles. The Kier molecular flexibility index (Phi) is 3.62. The van der Waals surface area contributed by atoms with E-state index in [2.05, 4.69) is 40.3 Å². The number of ether oxygens (including phenoxy) is 1. The average molecular weight is 310 g/mol. The van der Waals surface area contributed by atoms with Gasteiger partial charge in [-0.1, -0.05) is 15.9 Å². The maximum atomic E-state index is 5.99. The van der Waals surface area contributed by atoms with Crippen molar-refractivity contribution in [1.29, 1.82) is 0 Å². The Morgan fingerprint density at radius 2 is 2.33 bits per heavy atom. The highest BCUT2D eigenvalue weighted by Gasteiger charge is 2.24. The topological polar surface area (TPSA) is 21.3 Å². The minimum absolute atomic E-state index is 0.331. The number of hydrogen-bond acceptors (Lipinski definition) is 2. The summed E-state index contributed by atoms with van der Waals surface area (Å²) in [5, 5.41) is 3.49. The van der Waals surface area contributed by atoms with Crippen LogP contribution in [0.2, 0.25) is 0 Å². The number of piperidine rings is 1. The first-order valence-electron chi connectivity index (χ1n) is 6.91. The normalized spacial score (nSPS) is 26.8. The van der Waals surface area contributed by atoms with Crippen molar-refractivity contribution in [3.8, 4) is 5.75 Å². The number of halogens is 1. The van der Waals surface area contributed by atoms with E-state index in [0.717, 1.165) is 31.1 Å². The van der Waals surface area contributed by atoms with Crippen LogP contribution < -0.4 is 10.1 Å². The van der Waals surface area contributed by atoms with Crippen molar-refractivity contribution in [2.75, 3.05) is 13.1 Å². The molecule has 0 bridgehead atoms. The molecular weight excluding hydrogens is 290 g/mol. The van der Waals surface area contributed by atoms with E-state index in [0.29, 0.717) is 6.10 Å². The summed E-state index contributed by atoms with van der Waals surface area (Å²) < 4.78 is 7.19. The summed E-state index contributed by atoms with van der Waals surface area (Å²) in [5.41, 5.74) is 2.76. The predicted molar refractivity (Wildman–Crippen MR) is 77.2 cm³/mol. The highest BCUT2D eigenvalue weighted by atomic mass is 79.9. The molecule has 2 heterocycles. The fourth-order valence-corrected chi connectivity index (χ4v) is 3.68. The van der Waals surface area contributed by atoms with E-state index in [9.17, 15) is 0 Å². The molecule has 1 aromatic carbocycles. The highest BCUT2D eigenvalue weighted by molar-refractivity contribution is 9.10. The van der Waals surface area contributed by atoms with Crippen molar-refractivity contribution in [2.45, 2.75) is 38.7 Å². The van der Waals surface area contributed by atoms with Crippen molar-refractivity contribution in [1.82, 2.24) is 5.32 Å². The van der Waals surface area contributed by atoms with Crippen molar-refractivity contribution < 1.29 is 4.74 Å². The average Bonchev–Trinajstić information content (AvgIpc) is 2.71. The van der Waals surface area contributed by atoms with E-state index in [1.165, 1.54) is 35.0 Å². The summed E-state index contributed by atoms with van der Waals surface area (Å²) in [5.74, 6) is 1.92. The first-order chi connectivity index (χ1) is 8.72. The second-order valence-electron chi connectivity index (χ2n) is 5.60. The van der Waals surface area contributed by atoms with Crippen molar-refractivity contribution in [3.63, 3.8) is 0 Å². The zero-order valence-corrected chi connectivity index (χ0v) is 12.4. The number of rotatable bonds is 2. The number of nitrogens with one attached hydrogen (secondary N) is 1. The van der Waals surface area contributed by atoms with Gasteiger partial charge in [-0.05, 0) is 68.5 Å². The summed E-state index contributed by atoms with van der Waals surface area (Å²) in [6.45, 7) is 4.48. The third kappa shape index (κ3) is 2.57. The lowest BCUT2D eigenvalue weighted by molar-refractivity contribution is 0.250. The Morgan fingerprint density at radius 1 is 1.44 bits per heavy atom. The monoisotopic (exact) mass is 309 g/mol. The number of hydrogen-bond donors (Lipinski definition) is 1. The van der Waals surface area contributed by atoms with Crippen LogP contribution in [-0.4, -0.2) is 19.2 Å². The number of benzene rings is 1. The molecule has 0 aliphatic carbocycles. The largest absolute Gasteiger partial charge is 0.490 e. The minimum Gasteiger partial charge on any atom is -0.490 e. The molecule has 0 spiro atoms. The zero-order valence-electron chi connectivity index (χ0n) is 10.8. The molecule has 18 heavy (non-hydrogen) atoms. The maximum Gasteiger partial charge on any atom is 0.126 e. The summed E-state index contributed by atoms with van der Waals surface area (Å²) in [4.78, 5) is 0. The second-order valence-corrected chi connectivity index (χ2v) is 6.52. The molecule has 0 aromatic heterocycles. The Bertz CT molecular complexity index is 440. The predicted octanol–water partition coefficient (Wildman–Crippen LogP) is 3.31. The van der Waals surface area contributed by atoms with Gasteiger partial charge in [0, 0.05) is 10.9 Å². The molecule has 2 unspecified atom stereocenters. The second kappa shape index (κ2) is 5.22. The van der Waals surface area contributed by atoms with E-state index in [1.807, 2.05) is 0 Å². The third-order valence-corrected chi connectivity index (χ3v) is 4.40. The first-order valence-corrected chi connectivity index (χ1v) is 7.70. The Labute approximate surface area is 117 Å². The zero-order chi connectivity index (χ0) is 12.5. The van der Waals surface area contributed by atoms with Gasteiger partial charge >= 0.3 is 0 Å². The molecule has 0 amide bonds. The molecule has 2 atom stereocenters. The Hall–Kier alpha value is -0.540. The van der Waals surface area contributed by atoms with Crippen LogP contribution in [0.25, 0.3) is 0 Å². The molecule has 1 aromatic rings. The van der Waals surface area contributed by atoms with E-state index < -0.39 is 0 Å². The quantitative estimate of drug-likeness (QED) is 0.905. The van der Waals surface area contributed by atoms with Gasteiger partial charge in [0.05, 0.1) is 0 Å². The Balaban J connectivity index is 1.83. The molecule has 2 nitrogen and oxygen atoms in total. The minimum atomic E-state index is 0.331. The molecule has 3 rings (SSSR count). The third-order valence-electron chi connectivity index (χ3n) is 3.94. The smallest absolute Gasteiger partial charge is 0.126 e. The van der Waals surface area contributed by atoms with Crippen LogP contribution in [0.1, 0.15) is 30.9 Å². The van der Waals surface area contributed by atoms with Crippen molar-refractivity contribution >= 4 is 15.9 Å². The van der Waals surface area contributed by atoms with Gasteiger partial charge in [0.1, 0.15) is 11.9 Å². The van der Waals surface area contributed by atoms with Gasteiger partial charge in [-0.25, -0.2) is 0 Å². The molecule has 1 fully saturated rings. The van der Waals surface area contributed by atoms with Gasteiger partial charge < -0.3 is 10.1 Å². The lowest BCUT2D eigenvalue weighted by atomic mass is 9.91. The van der Waals surface area contributed by atoms with Gasteiger partial charge in [-0.15, -0.1) is 0 Å². The van der Waals surface area contributed by atoms with Gasteiger partial charge in [0.15, 0.2) is 0 Å². The molecule has 3 heteroatoms. The molecule has 98 valence electrons. The highest BCUT2D eigenvalue weighted by Crippen LogP contribution is 2.37. The standard InChI is InChI=1S/C15H20BrNO/c1-10-5-12-7-14(16)8-13(15(12)18-10)6-11-3-2-4-17-9-11/h7-8,10-11,17H,2-6,9H2,1H3. The first kappa shape index (κ1) is 12.5. The summed E-state index contributed by atoms with van der Waals surface area (Å²) in [7, 11) is 0. The van der Waals surface area contributed by atoms with E-state index >= 15 is 0 Å². The molecule has 1 N–H and O–H groups in total. The van der Waals surface area contributed by atoms with Gasteiger partial charge in [-0.2, -0.15) is 0 Å². The summed E-state index contributed by atoms with van der Waals surface area (Å²) in [6.07, 6.45) is 5.16. The van der Waals surface area contributed by atoms with Gasteiger partial charge in [0.25, 0.3) is 0 Å². The lowest BCUT2D eigenvalue weighted by Gasteiger charge is -2.23. The van der Waals surface area contributed by atoms with E-state index in [-0.39, 0.29) is 0 Å². The van der Waals surface area contributed by atoms with Crippen LogP contribution in [0.15, 0.2) is 16.6 Å². The van der Waals surface area contributed by atoms with E-state index in [4.69, 9.17) is 4.74 Å². The molecule has 2 aliphatic rings. The molecule has 0 radical (unpaired) electrons. The van der Waals surface area contributed by atoms with E-state index in [1.54, 1.807) is 0 Å². The fourth-order valence-electron chi connectivity index (χ4n) is 3.13. The van der Waals surface area contributed by atoms with Gasteiger partial charge in [-0.3, -0.25) is 0 Å². The van der Waals surface area contributed by atoms with Crippen molar-refractivity contribution in [2.24, 2.45) is 5.92 Å². The lowest BCUT2D eigenvalue weighted by Crippen LogP contribution is -2.30. The van der Waals surface area contributed by atoms with Crippen LogP contribution >= 0.6 is 15.9 Å². The van der Waals surface area contributed by atoms with Crippen LogP contribution in [0.5, 0.6) is 5.75 Å². The summed E-state index contributed by atoms with van der Waals surface area (Å²) in [6, 6.07) is 4.45. The van der Waals surface area contributed by atoms with Crippen LogP contribution in [0.3, 0.4) is 0 Å². The fraction of sp³-hybridized carbons (Fsp3) is 0.600. The van der Waals surface area contributed by atoms with Crippen LogP contribution in [0, 0.1) is 5.92 Å². The van der Waals surface area contributed by atoms with Crippen LogP contribution in [0.4, 0.5) is 0 Å². The maximum absolute atomic E-state index is 5.99. The SMILES string of the molecule is CC1Cc2cc(Br)cc(CC3CCCNC3)c2O1. The molecule has 2 aliphatic heterocycles. The Morgan fingerprint density at radius 3 is 3.11 bits per heavy atom. The number of fused-ring (bicyclic) bond motifs is 1. The van der Waals surface area contributed by atoms with Crippen molar-refractivity contribution in [3.05, 3.63) is 27.7 Å². The molecule has 1 saturated heterocycles. The summed E-state index contributed by atoms with van der Waals surface area (Å²) >= 11 is 3.63. The van der Waals surface area contributed by atoms with Crippen LogP contribution in [-0.2, 0) is 12.8 Å².